The van der Waals surface area contributed by atoms with E-state index in [9.17, 15) is 4.79 Å². The number of urea groups is 1. The van der Waals surface area contributed by atoms with E-state index in [1.54, 1.807) is 0 Å². The summed E-state index contributed by atoms with van der Waals surface area (Å²) in [4.78, 5) is 11.9. The largest absolute Gasteiger partial charge is 0.396 e. The molecule has 0 saturated carbocycles. The summed E-state index contributed by atoms with van der Waals surface area (Å²) in [6.07, 6.45) is 5.53. The Labute approximate surface area is 113 Å². The van der Waals surface area contributed by atoms with Gasteiger partial charge in [0, 0.05) is 24.3 Å². The third-order valence-corrected chi connectivity index (χ3v) is 3.37. The Morgan fingerprint density at radius 1 is 1.37 bits per heavy atom. The fraction of sp³-hybridized carbons (Fsp3) is 0.400. The molecule has 0 unspecified atom stereocenters. The van der Waals surface area contributed by atoms with Crippen LogP contribution < -0.4 is 10.6 Å². The number of rotatable bonds is 4. The normalized spacial score (nSPS) is 21.4. The van der Waals surface area contributed by atoms with Crippen molar-refractivity contribution >= 4 is 11.7 Å². The van der Waals surface area contributed by atoms with Crippen LogP contribution in [0.25, 0.3) is 0 Å². The molecule has 0 spiro atoms. The minimum atomic E-state index is -0.200. The number of aryl methyl sites for hydroxylation is 1. The van der Waals surface area contributed by atoms with E-state index in [0.717, 1.165) is 24.1 Å². The summed E-state index contributed by atoms with van der Waals surface area (Å²) in [5.41, 5.74) is 1.97. The van der Waals surface area contributed by atoms with Crippen LogP contribution in [0, 0.1) is 5.92 Å². The smallest absolute Gasteiger partial charge is 0.319 e. The Morgan fingerprint density at radius 2 is 2.16 bits per heavy atom. The fourth-order valence-corrected chi connectivity index (χ4v) is 2.29. The van der Waals surface area contributed by atoms with Gasteiger partial charge in [-0.25, -0.2) is 4.79 Å². The number of anilines is 1. The molecule has 0 bridgehead atoms. The highest BCUT2D eigenvalue weighted by Gasteiger charge is 2.19. The van der Waals surface area contributed by atoms with Gasteiger partial charge in [0.25, 0.3) is 0 Å². The quantitative estimate of drug-likeness (QED) is 0.727. The minimum absolute atomic E-state index is 0.00550. The molecule has 19 heavy (non-hydrogen) atoms. The van der Waals surface area contributed by atoms with Crippen LogP contribution in [0.1, 0.15) is 18.9 Å². The Balaban J connectivity index is 1.90. The maximum atomic E-state index is 11.9. The fourth-order valence-electron chi connectivity index (χ4n) is 2.29. The van der Waals surface area contributed by atoms with Gasteiger partial charge in [0.2, 0.25) is 0 Å². The molecule has 0 aliphatic heterocycles. The molecule has 2 atom stereocenters. The van der Waals surface area contributed by atoms with Gasteiger partial charge in [0.05, 0.1) is 0 Å². The summed E-state index contributed by atoms with van der Waals surface area (Å²) < 4.78 is 0. The number of hydrogen-bond donors (Lipinski definition) is 3. The molecule has 1 aliphatic carbocycles. The highest BCUT2D eigenvalue weighted by molar-refractivity contribution is 5.90. The number of carbonyl (C=O) groups is 1. The molecule has 0 radical (unpaired) electrons. The first-order valence-corrected chi connectivity index (χ1v) is 6.67. The number of carbonyl (C=O) groups excluding carboxylic acids is 1. The average Bonchev–Trinajstić information content (AvgIpc) is 2.87. The molecule has 0 aromatic heterocycles. The third-order valence-electron chi connectivity index (χ3n) is 3.37. The first-order chi connectivity index (χ1) is 9.22. The third kappa shape index (κ3) is 3.58. The Hall–Kier alpha value is -1.81. The van der Waals surface area contributed by atoms with Crippen LogP contribution in [0.15, 0.2) is 36.4 Å². The summed E-state index contributed by atoms with van der Waals surface area (Å²) in [5, 5.41) is 14.8. The van der Waals surface area contributed by atoms with E-state index < -0.39 is 0 Å². The maximum absolute atomic E-state index is 11.9. The number of aliphatic hydroxyl groups is 1. The molecule has 1 aliphatic rings. The molecule has 0 fully saturated rings. The number of benzene rings is 1. The average molecular weight is 260 g/mol. The van der Waals surface area contributed by atoms with Crippen LogP contribution in [-0.2, 0) is 6.42 Å². The van der Waals surface area contributed by atoms with Crippen molar-refractivity contribution in [3.8, 4) is 0 Å². The molecular formula is C15H20N2O2. The molecule has 1 aromatic carbocycles. The SMILES string of the molecule is CCc1ccccc1NC(=O)N[C@@H]1C=C[C@H](CO)C1. The zero-order valence-electron chi connectivity index (χ0n) is 11.1. The van der Waals surface area contributed by atoms with Crippen LogP contribution in [0.4, 0.5) is 10.5 Å². The van der Waals surface area contributed by atoms with Gasteiger partial charge in [-0.2, -0.15) is 0 Å². The lowest BCUT2D eigenvalue weighted by molar-refractivity contribution is 0.238. The molecular weight excluding hydrogens is 240 g/mol. The highest BCUT2D eigenvalue weighted by atomic mass is 16.3. The molecule has 0 heterocycles. The van der Waals surface area contributed by atoms with Gasteiger partial charge in [0.15, 0.2) is 0 Å². The van der Waals surface area contributed by atoms with Crippen molar-refractivity contribution in [2.24, 2.45) is 5.92 Å². The van der Waals surface area contributed by atoms with Crippen molar-refractivity contribution in [1.29, 1.82) is 0 Å². The van der Waals surface area contributed by atoms with Crippen LogP contribution in [0.5, 0.6) is 0 Å². The lowest BCUT2D eigenvalue weighted by Crippen LogP contribution is -2.36. The second kappa shape index (κ2) is 6.38. The van der Waals surface area contributed by atoms with E-state index in [1.165, 1.54) is 0 Å². The van der Waals surface area contributed by atoms with E-state index >= 15 is 0 Å². The summed E-state index contributed by atoms with van der Waals surface area (Å²) >= 11 is 0. The van der Waals surface area contributed by atoms with Crippen molar-refractivity contribution in [3.63, 3.8) is 0 Å². The van der Waals surface area contributed by atoms with Crippen molar-refractivity contribution in [3.05, 3.63) is 42.0 Å². The Morgan fingerprint density at radius 3 is 2.84 bits per heavy atom. The van der Waals surface area contributed by atoms with E-state index in [1.807, 2.05) is 36.4 Å². The molecule has 2 rings (SSSR count). The highest BCUT2D eigenvalue weighted by Crippen LogP contribution is 2.18. The predicted octanol–water partition coefficient (Wildman–Crippen LogP) is 2.31. The molecule has 4 nitrogen and oxygen atoms in total. The van der Waals surface area contributed by atoms with Gasteiger partial charge in [-0.05, 0) is 24.5 Å². The van der Waals surface area contributed by atoms with Gasteiger partial charge >= 0.3 is 6.03 Å². The zero-order valence-corrected chi connectivity index (χ0v) is 11.1. The monoisotopic (exact) mass is 260 g/mol. The van der Waals surface area contributed by atoms with E-state index in [4.69, 9.17) is 5.11 Å². The van der Waals surface area contributed by atoms with E-state index in [-0.39, 0.29) is 24.6 Å². The topological polar surface area (TPSA) is 61.4 Å². The lowest BCUT2D eigenvalue weighted by Gasteiger charge is -2.15. The van der Waals surface area contributed by atoms with Crippen molar-refractivity contribution in [2.75, 3.05) is 11.9 Å². The zero-order chi connectivity index (χ0) is 13.7. The number of para-hydroxylation sites is 1. The predicted molar refractivity (Wildman–Crippen MR) is 76.1 cm³/mol. The molecule has 4 heteroatoms. The van der Waals surface area contributed by atoms with Crippen LogP contribution in [0.2, 0.25) is 0 Å². The van der Waals surface area contributed by atoms with Gasteiger partial charge in [0.1, 0.15) is 0 Å². The molecule has 2 amide bonds. The maximum Gasteiger partial charge on any atom is 0.319 e. The van der Waals surface area contributed by atoms with Crippen LogP contribution >= 0.6 is 0 Å². The second-order valence-electron chi connectivity index (χ2n) is 4.78. The van der Waals surface area contributed by atoms with E-state index in [0.29, 0.717) is 0 Å². The van der Waals surface area contributed by atoms with Crippen molar-refractivity contribution in [2.45, 2.75) is 25.8 Å². The van der Waals surface area contributed by atoms with Gasteiger partial charge in [-0.1, -0.05) is 37.3 Å². The second-order valence-corrected chi connectivity index (χ2v) is 4.78. The first kappa shape index (κ1) is 13.6. The molecule has 3 N–H and O–H groups in total. The van der Waals surface area contributed by atoms with E-state index in [2.05, 4.69) is 17.6 Å². The summed E-state index contributed by atoms with van der Waals surface area (Å²) in [6.45, 7) is 2.19. The molecule has 0 saturated heterocycles. The van der Waals surface area contributed by atoms with Gasteiger partial charge in [-0.3, -0.25) is 0 Å². The Bertz CT molecular complexity index is 471. The summed E-state index contributed by atoms with van der Waals surface area (Å²) in [7, 11) is 0. The summed E-state index contributed by atoms with van der Waals surface area (Å²) in [5.74, 6) is 0.160. The van der Waals surface area contributed by atoms with Gasteiger partial charge in [-0.15, -0.1) is 0 Å². The molecule has 1 aromatic rings. The Kier molecular flexibility index (Phi) is 4.58. The first-order valence-electron chi connectivity index (χ1n) is 6.67. The van der Waals surface area contributed by atoms with Crippen molar-refractivity contribution < 1.29 is 9.90 Å². The summed E-state index contributed by atoms with van der Waals surface area (Å²) in [6, 6.07) is 7.59. The standard InChI is InChI=1S/C15H20N2O2/c1-2-12-5-3-4-6-14(12)17-15(19)16-13-8-7-11(9-13)10-18/h3-8,11,13,18H,2,9-10H2,1H3,(H2,16,17,19)/t11-,13+/m0/s1. The van der Waals surface area contributed by atoms with Gasteiger partial charge < -0.3 is 15.7 Å². The van der Waals surface area contributed by atoms with Crippen LogP contribution in [-0.4, -0.2) is 23.8 Å². The number of hydrogen-bond acceptors (Lipinski definition) is 2. The van der Waals surface area contributed by atoms with Crippen LogP contribution in [0.3, 0.4) is 0 Å². The minimum Gasteiger partial charge on any atom is -0.396 e. The number of aliphatic hydroxyl groups excluding tert-OH is 1. The van der Waals surface area contributed by atoms with Crippen molar-refractivity contribution in [1.82, 2.24) is 5.32 Å². The number of amides is 2. The number of nitrogens with one attached hydrogen (secondary N) is 2. The molecule has 102 valence electrons. The lowest BCUT2D eigenvalue weighted by atomic mass is 10.1.